The third-order valence-corrected chi connectivity index (χ3v) is 6.84. The Morgan fingerprint density at radius 1 is 1.00 bits per heavy atom. The fraction of sp³-hybridized carbons (Fsp3) is 0.500. The Labute approximate surface area is 209 Å². The van der Waals surface area contributed by atoms with Gasteiger partial charge in [0.25, 0.3) is 0 Å². The number of halogens is 2. The van der Waals surface area contributed by atoms with Crippen molar-refractivity contribution in [3.8, 4) is 0 Å². The van der Waals surface area contributed by atoms with Gasteiger partial charge in [-0.15, -0.1) is 0 Å². The molecule has 0 saturated carbocycles. The monoisotopic (exact) mass is 483 g/mol. The van der Waals surface area contributed by atoms with Crippen molar-refractivity contribution in [1.82, 2.24) is 4.90 Å². The molecule has 0 bridgehead atoms. The molecule has 0 amide bonds. The van der Waals surface area contributed by atoms with Crippen LogP contribution in [0.1, 0.15) is 70.1 Å². The Bertz CT molecular complexity index is 898. The highest BCUT2D eigenvalue weighted by Gasteiger charge is 2.26. The molecule has 0 aliphatic carbocycles. The minimum Gasteiger partial charge on any atom is -0.367 e. The number of likely N-dealkylation sites (tertiary alicyclic amines) is 1. The average Bonchev–Trinajstić information content (AvgIpc) is 2.83. The number of nitrogens with zero attached hydrogens (tertiary/aromatic N) is 1. The van der Waals surface area contributed by atoms with Gasteiger partial charge < -0.3 is 9.64 Å². The summed E-state index contributed by atoms with van der Waals surface area (Å²) in [7, 11) is 0. The summed E-state index contributed by atoms with van der Waals surface area (Å²) in [6, 6.07) is 12.5. The molecule has 1 aliphatic rings. The average molecular weight is 484 g/mol. The van der Waals surface area contributed by atoms with Crippen LogP contribution >= 0.6 is 0 Å². The smallest absolute Gasteiger partial charge is 0.136 e. The molecule has 1 heterocycles. The molecule has 3 rings (SSSR count). The summed E-state index contributed by atoms with van der Waals surface area (Å²) < 4.78 is 33.1. The van der Waals surface area contributed by atoms with Gasteiger partial charge in [-0.25, -0.2) is 8.78 Å². The highest BCUT2D eigenvalue weighted by atomic mass is 19.1. The van der Waals surface area contributed by atoms with Crippen LogP contribution in [0.15, 0.2) is 60.2 Å². The Kier molecular flexibility index (Phi) is 10.6. The summed E-state index contributed by atoms with van der Waals surface area (Å²) in [6.07, 6.45) is 6.46. The van der Waals surface area contributed by atoms with Crippen molar-refractivity contribution in [1.29, 1.82) is 0 Å². The molecular formula is C30H39F2NO2. The molecule has 0 spiro atoms. The molecule has 2 aromatic rings. The second-order valence-electron chi connectivity index (χ2n) is 10.1. The van der Waals surface area contributed by atoms with Gasteiger partial charge in [-0.05, 0) is 93.9 Å². The minimum atomic E-state index is -0.386. The largest absolute Gasteiger partial charge is 0.367 e. The number of carbonyl (C=O) groups is 1. The first kappa shape index (κ1) is 27.2. The van der Waals surface area contributed by atoms with Crippen LogP contribution in [0, 0.1) is 23.5 Å². The molecule has 1 saturated heterocycles. The van der Waals surface area contributed by atoms with Gasteiger partial charge in [-0.2, -0.15) is 0 Å². The van der Waals surface area contributed by atoms with E-state index >= 15 is 0 Å². The zero-order valence-corrected chi connectivity index (χ0v) is 21.3. The van der Waals surface area contributed by atoms with Crippen molar-refractivity contribution < 1.29 is 18.3 Å². The number of rotatable bonds is 12. The van der Waals surface area contributed by atoms with E-state index in [0.29, 0.717) is 24.7 Å². The number of carbonyl (C=O) groups excluding carboxylic acids is 1. The van der Waals surface area contributed by atoms with E-state index in [1.54, 1.807) is 24.3 Å². The lowest BCUT2D eigenvalue weighted by Gasteiger charge is -2.32. The molecule has 1 atom stereocenters. The Balaban J connectivity index is 1.45. The predicted molar refractivity (Wildman–Crippen MR) is 137 cm³/mol. The Morgan fingerprint density at radius 3 is 2.06 bits per heavy atom. The Hall–Kier alpha value is -2.37. The molecule has 5 heteroatoms. The summed E-state index contributed by atoms with van der Waals surface area (Å²) >= 11 is 0. The van der Waals surface area contributed by atoms with E-state index in [4.69, 9.17) is 4.74 Å². The van der Waals surface area contributed by atoms with E-state index in [0.717, 1.165) is 56.4 Å². The number of piperidine rings is 1. The third-order valence-electron chi connectivity index (χ3n) is 6.84. The van der Waals surface area contributed by atoms with Gasteiger partial charge in [-0.1, -0.05) is 42.8 Å². The topological polar surface area (TPSA) is 29.5 Å². The van der Waals surface area contributed by atoms with Crippen LogP contribution in [0.3, 0.4) is 0 Å². The van der Waals surface area contributed by atoms with Crippen LogP contribution in [0.2, 0.25) is 0 Å². The first-order valence-corrected chi connectivity index (χ1v) is 12.8. The normalized spacial score (nSPS) is 15.8. The number of Topliss-reactive ketones (excluding diaryl/α,β-unsaturated/α-hetero) is 1. The third kappa shape index (κ3) is 8.97. The van der Waals surface area contributed by atoms with E-state index in [9.17, 15) is 13.6 Å². The lowest BCUT2D eigenvalue weighted by molar-refractivity contribution is -0.125. The molecule has 1 aliphatic heterocycles. The fourth-order valence-electron chi connectivity index (χ4n) is 4.71. The molecule has 2 aromatic carbocycles. The van der Waals surface area contributed by atoms with Crippen molar-refractivity contribution in [2.75, 3.05) is 26.2 Å². The van der Waals surface area contributed by atoms with Gasteiger partial charge >= 0.3 is 0 Å². The van der Waals surface area contributed by atoms with Gasteiger partial charge in [0.05, 0.1) is 6.61 Å². The highest BCUT2D eigenvalue weighted by molar-refractivity contribution is 5.81. The van der Waals surface area contributed by atoms with Crippen molar-refractivity contribution in [2.45, 2.75) is 59.0 Å². The lowest BCUT2D eigenvalue weighted by atomic mass is 9.86. The molecular weight excluding hydrogens is 444 g/mol. The van der Waals surface area contributed by atoms with Crippen LogP contribution in [0.5, 0.6) is 0 Å². The van der Waals surface area contributed by atoms with E-state index < -0.39 is 0 Å². The fourth-order valence-corrected chi connectivity index (χ4v) is 4.71. The molecule has 0 radical (unpaired) electrons. The maximum Gasteiger partial charge on any atom is 0.136 e. The van der Waals surface area contributed by atoms with E-state index in [1.165, 1.54) is 29.8 Å². The van der Waals surface area contributed by atoms with Crippen molar-refractivity contribution in [3.63, 3.8) is 0 Å². The van der Waals surface area contributed by atoms with Gasteiger partial charge in [0.1, 0.15) is 23.5 Å². The number of ether oxygens (including phenoxy) is 1. The van der Waals surface area contributed by atoms with Crippen molar-refractivity contribution >= 4 is 5.78 Å². The zero-order valence-electron chi connectivity index (χ0n) is 21.3. The number of benzene rings is 2. The van der Waals surface area contributed by atoms with Crippen LogP contribution in [0.4, 0.5) is 8.78 Å². The number of ketones is 1. The quantitative estimate of drug-likeness (QED) is 0.301. The number of hydrogen-bond acceptors (Lipinski definition) is 3. The minimum absolute atomic E-state index is 0.171. The molecule has 190 valence electrons. The van der Waals surface area contributed by atoms with Crippen LogP contribution < -0.4 is 0 Å². The maximum atomic E-state index is 13.4. The maximum absolute atomic E-state index is 13.4. The summed E-state index contributed by atoms with van der Waals surface area (Å²) in [4.78, 5) is 15.1. The first-order valence-electron chi connectivity index (χ1n) is 12.8. The SMILES string of the molecule is CC(C)=CCCC(C)CC(=O)C1CCN(CCOC(c2ccc(F)cc2)c2ccc(F)cc2)CC1. The predicted octanol–water partition coefficient (Wildman–Crippen LogP) is 7.12. The second-order valence-corrected chi connectivity index (χ2v) is 10.1. The van der Waals surface area contributed by atoms with Crippen LogP contribution in [-0.2, 0) is 9.53 Å². The van der Waals surface area contributed by atoms with E-state index in [1.807, 2.05) is 0 Å². The van der Waals surface area contributed by atoms with Gasteiger partial charge in [-0.3, -0.25) is 4.79 Å². The first-order chi connectivity index (χ1) is 16.8. The summed E-state index contributed by atoms with van der Waals surface area (Å²) in [5, 5.41) is 0. The zero-order chi connectivity index (χ0) is 25.2. The summed E-state index contributed by atoms with van der Waals surface area (Å²) in [5.41, 5.74) is 3.00. The van der Waals surface area contributed by atoms with Gasteiger partial charge in [0.2, 0.25) is 0 Å². The van der Waals surface area contributed by atoms with Gasteiger partial charge in [0.15, 0.2) is 0 Å². The van der Waals surface area contributed by atoms with E-state index in [-0.39, 0.29) is 23.7 Å². The van der Waals surface area contributed by atoms with Crippen LogP contribution in [0.25, 0.3) is 0 Å². The molecule has 1 unspecified atom stereocenters. The molecule has 1 fully saturated rings. The van der Waals surface area contributed by atoms with E-state index in [2.05, 4.69) is 31.7 Å². The Morgan fingerprint density at radius 2 is 1.54 bits per heavy atom. The molecule has 3 nitrogen and oxygen atoms in total. The molecule has 0 N–H and O–H groups in total. The number of hydrogen-bond donors (Lipinski definition) is 0. The van der Waals surface area contributed by atoms with Crippen molar-refractivity contribution in [3.05, 3.63) is 82.9 Å². The molecule has 0 aromatic heterocycles. The molecule has 35 heavy (non-hydrogen) atoms. The number of allylic oxidation sites excluding steroid dienone is 2. The second kappa shape index (κ2) is 13.6. The summed E-state index contributed by atoms with van der Waals surface area (Å²) in [6.45, 7) is 9.45. The standard InChI is InChI=1S/C30H39F2NO2/c1-22(2)5-4-6-23(3)21-29(34)24-15-17-33(18-16-24)19-20-35-30(25-7-11-27(31)12-8-25)26-9-13-28(32)14-10-26/h5,7-14,23-24,30H,4,6,15-21H2,1-3H3. The van der Waals surface area contributed by atoms with Gasteiger partial charge in [0, 0.05) is 18.9 Å². The van der Waals surface area contributed by atoms with Crippen LogP contribution in [-0.4, -0.2) is 36.9 Å². The van der Waals surface area contributed by atoms with Crippen molar-refractivity contribution in [2.24, 2.45) is 11.8 Å². The lowest BCUT2D eigenvalue weighted by Crippen LogP contribution is -2.38. The highest BCUT2D eigenvalue weighted by Crippen LogP contribution is 2.27. The summed E-state index contributed by atoms with van der Waals surface area (Å²) in [5.74, 6) is 0.416.